The molecule has 0 N–H and O–H groups in total. The van der Waals surface area contributed by atoms with Gasteiger partial charge >= 0.3 is 0 Å². The van der Waals surface area contributed by atoms with E-state index in [0.717, 1.165) is 26.8 Å². The monoisotopic (exact) mass is 447 g/mol. The van der Waals surface area contributed by atoms with E-state index in [4.69, 9.17) is 30.8 Å². The molecule has 1 fully saturated rings. The molecule has 1 saturated heterocycles. The Labute approximate surface area is 183 Å². The van der Waals surface area contributed by atoms with Gasteiger partial charge in [0.05, 0.1) is 26.9 Å². The first-order valence-electron chi connectivity index (χ1n) is 9.45. The third-order valence-corrected chi connectivity index (χ3v) is 6.49. The zero-order valence-electron chi connectivity index (χ0n) is 17.0. The van der Waals surface area contributed by atoms with E-state index in [1.54, 1.807) is 50.9 Å². The van der Waals surface area contributed by atoms with Crippen molar-refractivity contribution in [2.75, 3.05) is 52.4 Å². The minimum absolute atomic E-state index is 0.0818. The van der Waals surface area contributed by atoms with Crippen LogP contribution in [-0.4, -0.2) is 63.3 Å². The van der Waals surface area contributed by atoms with Crippen LogP contribution in [0.4, 0.5) is 5.13 Å². The Bertz CT molecular complexity index is 1040. The highest BCUT2D eigenvalue weighted by atomic mass is 35.5. The number of piperazine rings is 1. The second-order valence-electron chi connectivity index (χ2n) is 6.77. The first kappa shape index (κ1) is 20.6. The van der Waals surface area contributed by atoms with Gasteiger partial charge in [-0.05, 0) is 30.3 Å². The fourth-order valence-corrected chi connectivity index (χ4v) is 4.83. The molecule has 7 nitrogen and oxygen atoms in total. The third kappa shape index (κ3) is 3.73. The zero-order valence-corrected chi connectivity index (χ0v) is 18.5. The van der Waals surface area contributed by atoms with Gasteiger partial charge in [-0.2, -0.15) is 0 Å². The number of benzene rings is 2. The Hall–Kier alpha value is -2.71. The Morgan fingerprint density at radius 2 is 1.60 bits per heavy atom. The molecule has 0 saturated carbocycles. The number of amides is 1. The van der Waals surface area contributed by atoms with Crippen LogP contribution in [0, 0.1) is 0 Å². The zero-order chi connectivity index (χ0) is 21.3. The SMILES string of the molecule is COc1ccc(Cl)cc1C(=O)N1CCN(c2nc3c(OC)ccc(OC)c3s2)CC1. The maximum absolute atomic E-state index is 13.0. The van der Waals surface area contributed by atoms with E-state index < -0.39 is 0 Å². The van der Waals surface area contributed by atoms with Gasteiger partial charge in [0.15, 0.2) is 5.13 Å². The Morgan fingerprint density at radius 3 is 2.27 bits per heavy atom. The number of methoxy groups -OCH3 is 3. The van der Waals surface area contributed by atoms with Crippen molar-refractivity contribution >= 4 is 44.2 Å². The van der Waals surface area contributed by atoms with Crippen molar-refractivity contribution < 1.29 is 19.0 Å². The normalized spacial score (nSPS) is 14.1. The van der Waals surface area contributed by atoms with Gasteiger partial charge in [0, 0.05) is 31.2 Å². The number of halogens is 1. The first-order valence-corrected chi connectivity index (χ1v) is 10.6. The maximum atomic E-state index is 13.0. The summed E-state index contributed by atoms with van der Waals surface area (Å²) in [6, 6.07) is 8.83. The summed E-state index contributed by atoms with van der Waals surface area (Å²) in [6.45, 7) is 2.52. The molecular formula is C21H22ClN3O4S. The summed E-state index contributed by atoms with van der Waals surface area (Å²) < 4.78 is 17.2. The lowest BCUT2D eigenvalue weighted by Crippen LogP contribution is -2.48. The predicted molar refractivity (Wildman–Crippen MR) is 119 cm³/mol. The summed E-state index contributed by atoms with van der Waals surface area (Å²) >= 11 is 7.65. The summed E-state index contributed by atoms with van der Waals surface area (Å²) in [7, 11) is 4.83. The fourth-order valence-electron chi connectivity index (χ4n) is 3.53. The minimum atomic E-state index is -0.0818. The predicted octanol–water partition coefficient (Wildman–Crippen LogP) is 3.94. The van der Waals surface area contributed by atoms with Crippen molar-refractivity contribution in [3.63, 3.8) is 0 Å². The molecule has 0 aliphatic carbocycles. The van der Waals surface area contributed by atoms with Crippen LogP contribution in [0.1, 0.15) is 10.4 Å². The lowest BCUT2D eigenvalue weighted by molar-refractivity contribution is 0.0743. The van der Waals surface area contributed by atoms with Crippen molar-refractivity contribution in [2.24, 2.45) is 0 Å². The van der Waals surface area contributed by atoms with Crippen molar-refractivity contribution in [1.29, 1.82) is 0 Å². The van der Waals surface area contributed by atoms with Gasteiger partial charge in [-0.3, -0.25) is 4.79 Å². The number of aromatic nitrogens is 1. The van der Waals surface area contributed by atoms with Crippen LogP contribution in [0.3, 0.4) is 0 Å². The lowest BCUT2D eigenvalue weighted by Gasteiger charge is -2.34. The third-order valence-electron chi connectivity index (χ3n) is 5.13. The molecular weight excluding hydrogens is 426 g/mol. The van der Waals surface area contributed by atoms with E-state index >= 15 is 0 Å². The molecule has 9 heteroatoms. The summed E-state index contributed by atoms with van der Waals surface area (Å²) in [6.07, 6.45) is 0. The van der Waals surface area contributed by atoms with Gasteiger partial charge in [0.2, 0.25) is 0 Å². The highest BCUT2D eigenvalue weighted by Crippen LogP contribution is 2.40. The molecule has 0 unspecified atom stereocenters. The van der Waals surface area contributed by atoms with E-state index in [9.17, 15) is 4.79 Å². The van der Waals surface area contributed by atoms with Crippen LogP contribution < -0.4 is 19.1 Å². The van der Waals surface area contributed by atoms with E-state index in [1.165, 1.54) is 0 Å². The van der Waals surface area contributed by atoms with E-state index in [2.05, 4.69) is 4.90 Å². The van der Waals surface area contributed by atoms with Crippen LogP contribution in [0.2, 0.25) is 5.02 Å². The van der Waals surface area contributed by atoms with Gasteiger partial charge in [-0.25, -0.2) is 4.98 Å². The number of carbonyl (C=O) groups is 1. The van der Waals surface area contributed by atoms with Gasteiger partial charge in [0.1, 0.15) is 27.5 Å². The molecule has 0 atom stereocenters. The molecule has 1 amide bonds. The summed E-state index contributed by atoms with van der Waals surface area (Å²) in [4.78, 5) is 21.8. The first-order chi connectivity index (χ1) is 14.5. The molecule has 3 aromatic rings. The molecule has 2 heterocycles. The smallest absolute Gasteiger partial charge is 0.257 e. The number of ether oxygens (including phenoxy) is 3. The van der Waals surface area contributed by atoms with Gasteiger partial charge in [-0.1, -0.05) is 22.9 Å². The van der Waals surface area contributed by atoms with Crippen LogP contribution in [0.5, 0.6) is 17.2 Å². The summed E-state index contributed by atoms with van der Waals surface area (Å²) in [5, 5.41) is 1.40. The standard InChI is InChI=1S/C21H22ClN3O4S/c1-27-15-5-4-13(22)12-14(15)20(26)24-8-10-25(11-9-24)21-23-18-16(28-2)6-7-17(29-3)19(18)30-21/h4-7,12H,8-11H2,1-3H3. The van der Waals surface area contributed by atoms with Crippen molar-refractivity contribution in [3.8, 4) is 17.2 Å². The van der Waals surface area contributed by atoms with E-state index in [-0.39, 0.29) is 5.91 Å². The number of nitrogens with zero attached hydrogens (tertiary/aromatic N) is 3. The highest BCUT2D eigenvalue weighted by molar-refractivity contribution is 7.22. The second-order valence-corrected chi connectivity index (χ2v) is 8.18. The molecule has 2 aromatic carbocycles. The molecule has 1 aliphatic rings. The number of hydrogen-bond acceptors (Lipinski definition) is 7. The Morgan fingerprint density at radius 1 is 0.967 bits per heavy atom. The Balaban J connectivity index is 1.52. The topological polar surface area (TPSA) is 64.1 Å². The highest BCUT2D eigenvalue weighted by Gasteiger charge is 2.26. The number of fused-ring (bicyclic) bond motifs is 1. The average Bonchev–Trinajstić information content (AvgIpc) is 3.23. The van der Waals surface area contributed by atoms with Crippen molar-refractivity contribution in [3.05, 3.63) is 40.9 Å². The molecule has 1 aliphatic heterocycles. The molecule has 4 rings (SSSR count). The van der Waals surface area contributed by atoms with Gasteiger partial charge in [-0.15, -0.1) is 0 Å². The van der Waals surface area contributed by atoms with Crippen LogP contribution >= 0.6 is 22.9 Å². The lowest BCUT2D eigenvalue weighted by atomic mass is 10.1. The van der Waals surface area contributed by atoms with Crippen LogP contribution in [0.25, 0.3) is 10.2 Å². The average molecular weight is 448 g/mol. The van der Waals surface area contributed by atoms with Crippen LogP contribution in [0.15, 0.2) is 30.3 Å². The molecule has 1 aromatic heterocycles. The number of rotatable bonds is 5. The van der Waals surface area contributed by atoms with Crippen molar-refractivity contribution in [1.82, 2.24) is 9.88 Å². The summed E-state index contributed by atoms with van der Waals surface area (Å²) in [5.41, 5.74) is 1.27. The second kappa shape index (κ2) is 8.57. The number of thiazole rings is 1. The number of anilines is 1. The molecule has 30 heavy (non-hydrogen) atoms. The van der Waals surface area contributed by atoms with Gasteiger partial charge < -0.3 is 24.0 Å². The maximum Gasteiger partial charge on any atom is 0.257 e. The van der Waals surface area contributed by atoms with Crippen LogP contribution in [-0.2, 0) is 0 Å². The van der Waals surface area contributed by atoms with Gasteiger partial charge in [0.25, 0.3) is 5.91 Å². The summed E-state index contributed by atoms with van der Waals surface area (Å²) in [5.74, 6) is 1.94. The van der Waals surface area contributed by atoms with E-state index in [1.807, 2.05) is 17.0 Å². The molecule has 0 bridgehead atoms. The van der Waals surface area contributed by atoms with E-state index in [0.29, 0.717) is 42.5 Å². The number of hydrogen-bond donors (Lipinski definition) is 0. The molecule has 0 spiro atoms. The minimum Gasteiger partial charge on any atom is -0.496 e. The number of carbonyl (C=O) groups excluding carboxylic acids is 1. The fraction of sp³-hybridized carbons (Fsp3) is 0.333. The van der Waals surface area contributed by atoms with Crippen molar-refractivity contribution in [2.45, 2.75) is 0 Å². The quantitative estimate of drug-likeness (QED) is 0.590. The largest absolute Gasteiger partial charge is 0.496 e. The molecule has 0 radical (unpaired) electrons. The Kier molecular flexibility index (Phi) is 5.87. The molecule has 158 valence electrons.